The molecule has 0 unspecified atom stereocenters. The molecule has 0 aliphatic carbocycles. The molecule has 0 bridgehead atoms. The number of benzene rings is 1. The normalized spacial score (nSPS) is 11.8. The van der Waals surface area contributed by atoms with Gasteiger partial charge in [0.15, 0.2) is 0 Å². The van der Waals surface area contributed by atoms with Crippen molar-refractivity contribution >= 4 is 23.2 Å². The van der Waals surface area contributed by atoms with E-state index in [1.807, 2.05) is 0 Å². The molecule has 0 spiro atoms. The van der Waals surface area contributed by atoms with E-state index in [4.69, 9.17) is 23.2 Å². The van der Waals surface area contributed by atoms with Gasteiger partial charge in [0.2, 0.25) is 0 Å². The smallest absolute Gasteiger partial charge is 0.220 e. The Morgan fingerprint density at radius 3 is 2.63 bits per heavy atom. The highest BCUT2D eigenvalue weighted by atomic mass is 35.5. The topological polar surface area (TPSA) is 30.7 Å². The highest BCUT2D eigenvalue weighted by molar-refractivity contribution is 6.30. The SMILES string of the molecule is FC(F)(F)c1cc(Cl)ccc1-n1cc(CCCl)nn1. The second-order valence-electron chi connectivity index (χ2n) is 3.75. The van der Waals surface area contributed by atoms with Crippen LogP contribution in [0.1, 0.15) is 11.3 Å². The fourth-order valence-electron chi connectivity index (χ4n) is 1.56. The molecule has 3 nitrogen and oxygen atoms in total. The lowest BCUT2D eigenvalue weighted by Crippen LogP contribution is -2.11. The van der Waals surface area contributed by atoms with E-state index >= 15 is 0 Å². The summed E-state index contributed by atoms with van der Waals surface area (Å²) in [4.78, 5) is 0. The Morgan fingerprint density at radius 2 is 2.00 bits per heavy atom. The fraction of sp³-hybridized carbons (Fsp3) is 0.273. The molecule has 102 valence electrons. The first-order chi connectivity index (χ1) is 8.91. The zero-order chi connectivity index (χ0) is 14.0. The van der Waals surface area contributed by atoms with Gasteiger partial charge in [-0.1, -0.05) is 16.8 Å². The predicted molar refractivity (Wildman–Crippen MR) is 65.8 cm³/mol. The van der Waals surface area contributed by atoms with Crippen LogP contribution in [0, 0.1) is 0 Å². The summed E-state index contributed by atoms with van der Waals surface area (Å²) < 4.78 is 39.9. The Balaban J connectivity index is 2.48. The van der Waals surface area contributed by atoms with E-state index in [2.05, 4.69) is 10.3 Å². The Morgan fingerprint density at radius 1 is 1.26 bits per heavy atom. The van der Waals surface area contributed by atoms with Gasteiger partial charge in [0, 0.05) is 17.3 Å². The van der Waals surface area contributed by atoms with Crippen molar-refractivity contribution in [2.24, 2.45) is 0 Å². The Bertz CT molecular complexity index is 581. The summed E-state index contributed by atoms with van der Waals surface area (Å²) in [5.74, 6) is 0.325. The van der Waals surface area contributed by atoms with E-state index in [1.165, 1.54) is 18.3 Å². The molecule has 1 aromatic carbocycles. The van der Waals surface area contributed by atoms with Gasteiger partial charge in [0.1, 0.15) is 0 Å². The van der Waals surface area contributed by atoms with Crippen LogP contribution in [0.3, 0.4) is 0 Å². The maximum atomic E-state index is 12.9. The van der Waals surface area contributed by atoms with Gasteiger partial charge in [-0.3, -0.25) is 0 Å². The van der Waals surface area contributed by atoms with Crippen molar-refractivity contribution in [2.75, 3.05) is 5.88 Å². The van der Waals surface area contributed by atoms with Crippen LogP contribution >= 0.6 is 23.2 Å². The summed E-state index contributed by atoms with van der Waals surface area (Å²) in [5, 5.41) is 7.44. The van der Waals surface area contributed by atoms with Gasteiger partial charge in [-0.25, -0.2) is 4.68 Å². The number of aromatic nitrogens is 3. The van der Waals surface area contributed by atoms with E-state index in [0.717, 1.165) is 10.7 Å². The number of hydrogen-bond acceptors (Lipinski definition) is 2. The summed E-state index contributed by atoms with van der Waals surface area (Å²) in [6, 6.07) is 3.49. The number of hydrogen-bond donors (Lipinski definition) is 0. The molecule has 0 saturated carbocycles. The van der Waals surface area contributed by atoms with Crippen LogP contribution in [0.4, 0.5) is 13.2 Å². The van der Waals surface area contributed by atoms with E-state index < -0.39 is 11.7 Å². The monoisotopic (exact) mass is 309 g/mol. The summed E-state index contributed by atoms with van der Waals surface area (Å²) >= 11 is 11.1. The minimum atomic E-state index is -4.52. The zero-order valence-electron chi connectivity index (χ0n) is 9.46. The van der Waals surface area contributed by atoms with Gasteiger partial charge >= 0.3 is 6.18 Å². The Hall–Kier alpha value is -1.27. The van der Waals surface area contributed by atoms with Crippen LogP contribution in [0.15, 0.2) is 24.4 Å². The first kappa shape index (κ1) is 14.1. The molecular formula is C11H8Cl2F3N3. The van der Waals surface area contributed by atoms with Crippen LogP contribution < -0.4 is 0 Å². The first-order valence-corrected chi connectivity index (χ1v) is 6.17. The molecule has 0 aliphatic rings. The second-order valence-corrected chi connectivity index (χ2v) is 4.57. The quantitative estimate of drug-likeness (QED) is 0.809. The van der Waals surface area contributed by atoms with E-state index in [-0.39, 0.29) is 10.7 Å². The lowest BCUT2D eigenvalue weighted by molar-refractivity contribution is -0.137. The maximum Gasteiger partial charge on any atom is 0.418 e. The molecule has 0 radical (unpaired) electrons. The number of alkyl halides is 4. The fourth-order valence-corrected chi connectivity index (χ4v) is 1.93. The lowest BCUT2D eigenvalue weighted by Gasteiger charge is -2.12. The molecule has 1 heterocycles. The largest absolute Gasteiger partial charge is 0.418 e. The van der Waals surface area contributed by atoms with Gasteiger partial charge in [-0.2, -0.15) is 13.2 Å². The van der Waals surface area contributed by atoms with Crippen molar-refractivity contribution in [3.8, 4) is 5.69 Å². The van der Waals surface area contributed by atoms with Crippen molar-refractivity contribution in [3.63, 3.8) is 0 Å². The van der Waals surface area contributed by atoms with Crippen molar-refractivity contribution in [3.05, 3.63) is 40.7 Å². The minimum absolute atomic E-state index is 0.0113. The van der Waals surface area contributed by atoms with Crippen LogP contribution in [0.25, 0.3) is 5.69 Å². The molecule has 19 heavy (non-hydrogen) atoms. The molecule has 2 rings (SSSR count). The zero-order valence-corrected chi connectivity index (χ0v) is 11.0. The molecule has 0 fully saturated rings. The third-order valence-corrected chi connectivity index (χ3v) is 2.83. The Kier molecular flexibility index (Phi) is 4.01. The minimum Gasteiger partial charge on any atom is -0.220 e. The molecule has 2 aromatic rings. The molecule has 0 N–H and O–H groups in total. The molecule has 0 atom stereocenters. The molecule has 0 saturated heterocycles. The summed E-state index contributed by atoms with van der Waals surface area (Å²) in [7, 11) is 0. The molecule has 8 heteroatoms. The van der Waals surface area contributed by atoms with Gasteiger partial charge in [-0.15, -0.1) is 16.7 Å². The number of nitrogens with zero attached hydrogens (tertiary/aromatic N) is 3. The van der Waals surface area contributed by atoms with Crippen LogP contribution in [-0.4, -0.2) is 20.9 Å². The second kappa shape index (κ2) is 5.38. The van der Waals surface area contributed by atoms with Gasteiger partial charge in [0.25, 0.3) is 0 Å². The van der Waals surface area contributed by atoms with Crippen molar-refractivity contribution in [1.29, 1.82) is 0 Å². The van der Waals surface area contributed by atoms with Crippen molar-refractivity contribution in [2.45, 2.75) is 12.6 Å². The average Bonchev–Trinajstić information content (AvgIpc) is 2.77. The summed E-state index contributed by atoms with van der Waals surface area (Å²) in [6.07, 6.45) is -2.66. The average molecular weight is 310 g/mol. The predicted octanol–water partition coefficient (Wildman–Crippen LogP) is 3.72. The maximum absolute atomic E-state index is 12.9. The number of halogens is 5. The molecule has 1 aromatic heterocycles. The van der Waals surface area contributed by atoms with Crippen LogP contribution in [0.5, 0.6) is 0 Å². The third kappa shape index (κ3) is 3.19. The molecule has 0 aliphatic heterocycles. The number of aryl methyl sites for hydroxylation is 1. The van der Waals surface area contributed by atoms with Crippen molar-refractivity contribution < 1.29 is 13.2 Å². The van der Waals surface area contributed by atoms with E-state index in [0.29, 0.717) is 18.0 Å². The highest BCUT2D eigenvalue weighted by Gasteiger charge is 2.34. The van der Waals surface area contributed by atoms with Crippen LogP contribution in [0.2, 0.25) is 5.02 Å². The van der Waals surface area contributed by atoms with Crippen molar-refractivity contribution in [1.82, 2.24) is 15.0 Å². The van der Waals surface area contributed by atoms with Gasteiger partial charge < -0.3 is 0 Å². The number of rotatable bonds is 3. The van der Waals surface area contributed by atoms with Gasteiger partial charge in [0.05, 0.1) is 23.1 Å². The molecule has 0 amide bonds. The Labute approximate surface area is 116 Å². The standard InChI is InChI=1S/C11H8Cl2F3N3/c12-4-3-8-6-19(18-17-8)10-2-1-7(13)5-9(10)11(14,15)16/h1-2,5-6H,3-4H2. The first-order valence-electron chi connectivity index (χ1n) is 5.26. The highest BCUT2D eigenvalue weighted by Crippen LogP contribution is 2.35. The van der Waals surface area contributed by atoms with E-state index in [9.17, 15) is 13.2 Å². The molecular weight excluding hydrogens is 302 g/mol. The summed E-state index contributed by atoms with van der Waals surface area (Å²) in [5.41, 5.74) is -0.453. The van der Waals surface area contributed by atoms with Crippen LogP contribution in [-0.2, 0) is 12.6 Å². The van der Waals surface area contributed by atoms with Gasteiger partial charge in [-0.05, 0) is 18.2 Å². The third-order valence-electron chi connectivity index (χ3n) is 2.40. The lowest BCUT2D eigenvalue weighted by atomic mass is 10.1. The van der Waals surface area contributed by atoms with E-state index in [1.54, 1.807) is 0 Å². The summed E-state index contributed by atoms with van der Waals surface area (Å²) in [6.45, 7) is 0.